The lowest BCUT2D eigenvalue weighted by molar-refractivity contribution is 0.0392. The van der Waals surface area contributed by atoms with Crippen LogP contribution in [0.2, 0.25) is 0 Å². The van der Waals surface area contributed by atoms with Gasteiger partial charge in [0.2, 0.25) is 0 Å². The van der Waals surface area contributed by atoms with Crippen LogP contribution < -0.4 is 0 Å². The Bertz CT molecular complexity index is 999. The lowest BCUT2D eigenvalue weighted by atomic mass is 9.78. The molecule has 2 aromatic heterocycles. The third-order valence-corrected chi connectivity index (χ3v) is 6.43. The number of para-hydroxylation sites is 1. The van der Waals surface area contributed by atoms with Crippen LogP contribution in [0.25, 0.3) is 22.2 Å². The van der Waals surface area contributed by atoms with Gasteiger partial charge < -0.3 is 4.90 Å². The lowest BCUT2D eigenvalue weighted by Crippen LogP contribution is -2.49. The van der Waals surface area contributed by atoms with Crippen molar-refractivity contribution in [2.75, 3.05) is 6.54 Å². The zero-order valence-electron chi connectivity index (χ0n) is 16.1. The SMILES string of the molecule is O=C(c1cc(-c2ccncc2)nc2ccccc12)N1CCC[C@H]2CCCC[C@H]21. The Morgan fingerprint density at radius 2 is 1.75 bits per heavy atom. The summed E-state index contributed by atoms with van der Waals surface area (Å²) in [4.78, 5) is 24.8. The zero-order chi connectivity index (χ0) is 18.9. The van der Waals surface area contributed by atoms with E-state index in [-0.39, 0.29) is 5.91 Å². The van der Waals surface area contributed by atoms with E-state index in [9.17, 15) is 4.79 Å². The van der Waals surface area contributed by atoms with Crippen molar-refractivity contribution >= 4 is 16.8 Å². The summed E-state index contributed by atoms with van der Waals surface area (Å²) in [7, 11) is 0. The van der Waals surface area contributed by atoms with Gasteiger partial charge in [-0.3, -0.25) is 9.78 Å². The topological polar surface area (TPSA) is 46.1 Å². The molecule has 2 atom stereocenters. The fraction of sp³-hybridized carbons (Fsp3) is 0.375. The second kappa shape index (κ2) is 7.34. The number of likely N-dealkylation sites (tertiary alicyclic amines) is 1. The molecular formula is C24H25N3O. The maximum Gasteiger partial charge on any atom is 0.254 e. The van der Waals surface area contributed by atoms with Crippen LogP contribution in [0.1, 0.15) is 48.9 Å². The number of carbonyl (C=O) groups excluding carboxylic acids is 1. The Morgan fingerprint density at radius 1 is 0.964 bits per heavy atom. The maximum absolute atomic E-state index is 13.7. The molecule has 3 heterocycles. The zero-order valence-corrected chi connectivity index (χ0v) is 16.1. The molecule has 142 valence electrons. The molecule has 4 nitrogen and oxygen atoms in total. The second-order valence-corrected chi connectivity index (χ2v) is 8.06. The van der Waals surface area contributed by atoms with Gasteiger partial charge in [0.1, 0.15) is 0 Å². The van der Waals surface area contributed by atoms with Gasteiger partial charge >= 0.3 is 0 Å². The summed E-state index contributed by atoms with van der Waals surface area (Å²) in [6.45, 7) is 0.876. The summed E-state index contributed by atoms with van der Waals surface area (Å²) in [5.74, 6) is 0.852. The highest BCUT2D eigenvalue weighted by Gasteiger charge is 2.36. The summed E-state index contributed by atoms with van der Waals surface area (Å²) in [5.41, 5.74) is 3.48. The van der Waals surface area contributed by atoms with E-state index in [0.29, 0.717) is 12.0 Å². The first-order chi connectivity index (χ1) is 13.8. The van der Waals surface area contributed by atoms with Crippen LogP contribution in [0.3, 0.4) is 0 Å². The average molecular weight is 371 g/mol. The van der Waals surface area contributed by atoms with E-state index in [0.717, 1.165) is 47.1 Å². The number of aromatic nitrogens is 2. The van der Waals surface area contributed by atoms with E-state index in [2.05, 4.69) is 9.88 Å². The molecule has 1 saturated heterocycles. The smallest absolute Gasteiger partial charge is 0.254 e. The third-order valence-electron chi connectivity index (χ3n) is 6.43. The quantitative estimate of drug-likeness (QED) is 0.630. The summed E-state index contributed by atoms with van der Waals surface area (Å²) in [6, 6.07) is 14.3. The number of fused-ring (bicyclic) bond motifs is 2. The van der Waals surface area contributed by atoms with Crippen molar-refractivity contribution in [2.45, 2.75) is 44.6 Å². The van der Waals surface area contributed by atoms with Crippen molar-refractivity contribution in [2.24, 2.45) is 5.92 Å². The van der Waals surface area contributed by atoms with Crippen molar-refractivity contribution in [1.82, 2.24) is 14.9 Å². The molecule has 0 radical (unpaired) electrons. The van der Waals surface area contributed by atoms with Crippen molar-refractivity contribution < 1.29 is 4.79 Å². The van der Waals surface area contributed by atoms with Crippen molar-refractivity contribution in [1.29, 1.82) is 0 Å². The number of carbonyl (C=O) groups is 1. The average Bonchev–Trinajstić information content (AvgIpc) is 2.78. The van der Waals surface area contributed by atoms with Gasteiger partial charge in [-0.15, -0.1) is 0 Å². The predicted octanol–water partition coefficient (Wildman–Crippen LogP) is 5.09. The van der Waals surface area contributed by atoms with Gasteiger partial charge in [-0.25, -0.2) is 4.98 Å². The van der Waals surface area contributed by atoms with Gasteiger partial charge in [0.25, 0.3) is 5.91 Å². The molecule has 1 saturated carbocycles. The molecule has 28 heavy (non-hydrogen) atoms. The number of hydrogen-bond acceptors (Lipinski definition) is 3. The van der Waals surface area contributed by atoms with E-state index in [1.54, 1.807) is 12.4 Å². The number of amides is 1. The molecule has 2 fully saturated rings. The van der Waals surface area contributed by atoms with Crippen LogP contribution in [0.4, 0.5) is 0 Å². The van der Waals surface area contributed by atoms with Gasteiger partial charge in [0.15, 0.2) is 0 Å². The molecule has 3 aromatic rings. The van der Waals surface area contributed by atoms with Gasteiger partial charge in [-0.2, -0.15) is 0 Å². The largest absolute Gasteiger partial charge is 0.335 e. The van der Waals surface area contributed by atoms with Crippen molar-refractivity contribution in [3.05, 3.63) is 60.4 Å². The Labute approximate surface area is 165 Å². The molecule has 0 bridgehead atoms. The number of nitrogens with zero attached hydrogens (tertiary/aromatic N) is 3. The number of benzene rings is 1. The number of pyridine rings is 2. The standard InChI is InChI=1S/C24H25N3O/c28-24(27-15-5-7-18-6-1-4-10-23(18)27)20-16-22(17-11-13-25-14-12-17)26-21-9-3-2-8-19(20)21/h2-3,8-9,11-14,16,18,23H,1,4-7,10,15H2/t18-,23-/m1/s1. The van der Waals surface area contributed by atoms with E-state index >= 15 is 0 Å². The molecule has 0 N–H and O–H groups in total. The Kier molecular flexibility index (Phi) is 4.55. The number of rotatable bonds is 2. The highest BCUT2D eigenvalue weighted by molar-refractivity contribution is 6.07. The second-order valence-electron chi connectivity index (χ2n) is 8.06. The Balaban J connectivity index is 1.60. The van der Waals surface area contributed by atoms with E-state index < -0.39 is 0 Å². The molecule has 1 aliphatic heterocycles. The first kappa shape index (κ1) is 17.4. The molecule has 1 aromatic carbocycles. The van der Waals surface area contributed by atoms with Gasteiger partial charge in [-0.05, 0) is 55.9 Å². The van der Waals surface area contributed by atoms with Crippen molar-refractivity contribution in [3.63, 3.8) is 0 Å². The molecule has 4 heteroatoms. The summed E-state index contributed by atoms with van der Waals surface area (Å²) < 4.78 is 0. The molecule has 0 unspecified atom stereocenters. The minimum atomic E-state index is 0.172. The molecule has 1 amide bonds. The fourth-order valence-electron chi connectivity index (χ4n) is 5.05. The van der Waals surface area contributed by atoms with Crippen LogP contribution in [0, 0.1) is 5.92 Å². The van der Waals surface area contributed by atoms with Crippen LogP contribution in [0.15, 0.2) is 54.9 Å². The predicted molar refractivity (Wildman–Crippen MR) is 111 cm³/mol. The molecule has 1 aliphatic carbocycles. The summed E-state index contributed by atoms with van der Waals surface area (Å²) in [5, 5.41) is 0.947. The first-order valence-corrected chi connectivity index (χ1v) is 10.4. The Morgan fingerprint density at radius 3 is 2.64 bits per heavy atom. The van der Waals surface area contributed by atoms with Crippen LogP contribution in [-0.4, -0.2) is 33.4 Å². The number of piperidine rings is 1. The van der Waals surface area contributed by atoms with Crippen LogP contribution in [-0.2, 0) is 0 Å². The molecule has 2 aliphatic rings. The van der Waals surface area contributed by atoms with E-state index in [4.69, 9.17) is 4.98 Å². The monoisotopic (exact) mass is 371 g/mol. The van der Waals surface area contributed by atoms with E-state index in [1.165, 1.54) is 25.7 Å². The summed E-state index contributed by atoms with van der Waals surface area (Å²) in [6.07, 6.45) is 10.9. The minimum Gasteiger partial charge on any atom is -0.335 e. The van der Waals surface area contributed by atoms with Crippen LogP contribution in [0.5, 0.6) is 0 Å². The molecule has 0 spiro atoms. The fourth-order valence-corrected chi connectivity index (χ4v) is 5.05. The highest BCUT2D eigenvalue weighted by atomic mass is 16.2. The van der Waals surface area contributed by atoms with Gasteiger partial charge in [0.05, 0.1) is 16.8 Å². The lowest BCUT2D eigenvalue weighted by Gasteiger charge is -2.44. The van der Waals surface area contributed by atoms with Gasteiger partial charge in [0, 0.05) is 35.9 Å². The van der Waals surface area contributed by atoms with Crippen LogP contribution >= 0.6 is 0 Å². The first-order valence-electron chi connectivity index (χ1n) is 10.4. The maximum atomic E-state index is 13.7. The summed E-state index contributed by atoms with van der Waals surface area (Å²) >= 11 is 0. The third kappa shape index (κ3) is 3.07. The molecular weight excluding hydrogens is 346 g/mol. The minimum absolute atomic E-state index is 0.172. The highest BCUT2D eigenvalue weighted by Crippen LogP contribution is 2.37. The van der Waals surface area contributed by atoms with Crippen molar-refractivity contribution in [3.8, 4) is 11.3 Å². The molecule has 5 rings (SSSR count). The van der Waals surface area contributed by atoms with E-state index in [1.807, 2.05) is 42.5 Å². The number of hydrogen-bond donors (Lipinski definition) is 0. The normalized spacial score (nSPS) is 22.1. The Hall–Kier alpha value is -2.75. The van der Waals surface area contributed by atoms with Gasteiger partial charge in [-0.1, -0.05) is 31.0 Å².